The Morgan fingerprint density at radius 3 is 2.78 bits per heavy atom. The molecule has 134 valence electrons. The average molecular weight is 362 g/mol. The Balaban J connectivity index is 2.05. The molecule has 2 unspecified atom stereocenters. The molecule has 2 aliphatic rings. The van der Waals surface area contributed by atoms with E-state index in [1.807, 2.05) is 11.8 Å². The standard InChI is InChI=1S/C16H31N3O2S2/c1-5-13(2)18-15(19-7-8-22-16(3,4)12-19)17-10-14-6-9-23(20,21)11-14/h13-14H,5-12H2,1-4H3,(H,17,18). The van der Waals surface area contributed by atoms with Gasteiger partial charge in [0.05, 0.1) is 11.5 Å². The van der Waals surface area contributed by atoms with Crippen LogP contribution in [0.4, 0.5) is 0 Å². The molecule has 2 saturated heterocycles. The van der Waals surface area contributed by atoms with E-state index in [9.17, 15) is 8.42 Å². The highest BCUT2D eigenvalue weighted by molar-refractivity contribution is 8.00. The molecular formula is C16H31N3O2S2. The van der Waals surface area contributed by atoms with Gasteiger partial charge in [0.1, 0.15) is 0 Å². The second-order valence-electron chi connectivity index (χ2n) is 7.42. The van der Waals surface area contributed by atoms with Crippen molar-refractivity contribution >= 4 is 27.6 Å². The van der Waals surface area contributed by atoms with Crippen molar-refractivity contribution in [1.82, 2.24) is 10.2 Å². The van der Waals surface area contributed by atoms with Crippen molar-refractivity contribution in [2.45, 2.75) is 51.3 Å². The fraction of sp³-hybridized carbons (Fsp3) is 0.938. The molecule has 2 heterocycles. The van der Waals surface area contributed by atoms with Gasteiger partial charge in [-0.3, -0.25) is 4.99 Å². The van der Waals surface area contributed by atoms with Crippen LogP contribution in [0.1, 0.15) is 40.5 Å². The molecule has 5 nitrogen and oxygen atoms in total. The van der Waals surface area contributed by atoms with Crippen LogP contribution >= 0.6 is 11.8 Å². The second kappa shape index (κ2) is 7.64. The molecule has 0 saturated carbocycles. The van der Waals surface area contributed by atoms with Crippen LogP contribution in [0.25, 0.3) is 0 Å². The summed E-state index contributed by atoms with van der Waals surface area (Å²) in [7, 11) is -2.82. The smallest absolute Gasteiger partial charge is 0.194 e. The maximum atomic E-state index is 11.6. The summed E-state index contributed by atoms with van der Waals surface area (Å²) in [5.41, 5.74) is 0. The lowest BCUT2D eigenvalue weighted by molar-refractivity contribution is 0.368. The molecule has 0 spiro atoms. The van der Waals surface area contributed by atoms with Crippen LogP contribution in [0.2, 0.25) is 0 Å². The van der Waals surface area contributed by atoms with E-state index in [1.165, 1.54) is 0 Å². The normalized spacial score (nSPS) is 28.6. The van der Waals surface area contributed by atoms with E-state index in [-0.39, 0.29) is 10.7 Å². The summed E-state index contributed by atoms with van der Waals surface area (Å²) in [5.74, 6) is 2.87. The number of rotatable bonds is 4. The summed E-state index contributed by atoms with van der Waals surface area (Å²) in [6, 6.07) is 0.374. The van der Waals surface area contributed by atoms with Crippen LogP contribution in [-0.4, -0.2) is 67.0 Å². The quantitative estimate of drug-likeness (QED) is 0.613. The zero-order valence-corrected chi connectivity index (χ0v) is 16.5. The molecule has 0 aromatic rings. The highest BCUT2D eigenvalue weighted by Crippen LogP contribution is 2.29. The Bertz CT molecular complexity index is 531. The van der Waals surface area contributed by atoms with E-state index in [1.54, 1.807) is 0 Å². The van der Waals surface area contributed by atoms with Gasteiger partial charge in [-0.15, -0.1) is 0 Å². The van der Waals surface area contributed by atoms with E-state index in [4.69, 9.17) is 4.99 Å². The minimum atomic E-state index is -2.82. The van der Waals surface area contributed by atoms with Crippen molar-refractivity contribution in [3.8, 4) is 0 Å². The molecule has 0 aromatic carbocycles. The molecule has 0 aromatic heterocycles. The molecule has 0 radical (unpaired) electrons. The zero-order chi connectivity index (χ0) is 17.1. The number of guanidine groups is 1. The minimum absolute atomic E-state index is 0.181. The third kappa shape index (κ3) is 5.85. The fourth-order valence-electron chi connectivity index (χ4n) is 2.99. The average Bonchev–Trinajstić information content (AvgIpc) is 2.81. The van der Waals surface area contributed by atoms with Gasteiger partial charge in [-0.05, 0) is 39.5 Å². The molecular weight excluding hydrogens is 330 g/mol. The van der Waals surface area contributed by atoms with E-state index in [2.05, 4.69) is 37.9 Å². The van der Waals surface area contributed by atoms with Crippen LogP contribution in [0, 0.1) is 5.92 Å². The summed E-state index contributed by atoms with van der Waals surface area (Å²) in [5, 5.41) is 3.54. The van der Waals surface area contributed by atoms with Gasteiger partial charge in [-0.2, -0.15) is 11.8 Å². The third-order valence-electron chi connectivity index (χ3n) is 4.54. The summed E-state index contributed by atoms with van der Waals surface area (Å²) in [6.45, 7) is 11.5. The van der Waals surface area contributed by atoms with E-state index < -0.39 is 9.84 Å². The molecule has 1 N–H and O–H groups in total. The molecule has 0 bridgehead atoms. The third-order valence-corrected chi connectivity index (χ3v) is 7.67. The predicted octanol–water partition coefficient (Wildman–Crippen LogP) is 1.99. The summed E-state index contributed by atoms with van der Waals surface area (Å²) >= 11 is 2.01. The number of hydrogen-bond donors (Lipinski definition) is 1. The Morgan fingerprint density at radius 2 is 2.22 bits per heavy atom. The molecule has 23 heavy (non-hydrogen) atoms. The first-order valence-electron chi connectivity index (χ1n) is 8.61. The van der Waals surface area contributed by atoms with Gasteiger partial charge in [0.15, 0.2) is 15.8 Å². The first kappa shape index (κ1) is 18.9. The molecule has 2 fully saturated rings. The molecule has 2 atom stereocenters. The lowest BCUT2D eigenvalue weighted by Gasteiger charge is -2.40. The molecule has 0 amide bonds. The van der Waals surface area contributed by atoms with Crippen LogP contribution in [0.3, 0.4) is 0 Å². The lowest BCUT2D eigenvalue weighted by atomic mass is 10.1. The first-order chi connectivity index (χ1) is 10.7. The molecule has 7 heteroatoms. The van der Waals surface area contributed by atoms with Crippen molar-refractivity contribution in [2.24, 2.45) is 10.9 Å². The first-order valence-corrected chi connectivity index (χ1v) is 11.4. The number of nitrogens with zero attached hydrogens (tertiary/aromatic N) is 2. The number of nitrogens with one attached hydrogen (secondary N) is 1. The van der Waals surface area contributed by atoms with E-state index in [0.29, 0.717) is 24.1 Å². The SMILES string of the molecule is CCC(C)NC(=NCC1CCS(=O)(=O)C1)N1CCSC(C)(C)C1. The van der Waals surface area contributed by atoms with Crippen LogP contribution in [0.15, 0.2) is 4.99 Å². The predicted molar refractivity (Wildman–Crippen MR) is 100 cm³/mol. The Hall–Kier alpha value is -0.430. The monoisotopic (exact) mass is 361 g/mol. The molecule has 2 rings (SSSR count). The summed E-state index contributed by atoms with van der Waals surface area (Å²) < 4.78 is 23.5. The zero-order valence-electron chi connectivity index (χ0n) is 14.8. The van der Waals surface area contributed by atoms with Gasteiger partial charge in [0.2, 0.25) is 0 Å². The summed E-state index contributed by atoms with van der Waals surface area (Å²) in [6.07, 6.45) is 1.80. The highest BCUT2D eigenvalue weighted by Gasteiger charge is 2.30. The van der Waals surface area contributed by atoms with Gasteiger partial charge in [0, 0.05) is 36.2 Å². The number of aliphatic imine (C=N–C) groups is 1. The largest absolute Gasteiger partial charge is 0.354 e. The van der Waals surface area contributed by atoms with Crippen molar-refractivity contribution in [2.75, 3.05) is 36.9 Å². The Morgan fingerprint density at radius 1 is 1.48 bits per heavy atom. The molecule has 2 aliphatic heterocycles. The lowest BCUT2D eigenvalue weighted by Crippen LogP contribution is -2.52. The maximum absolute atomic E-state index is 11.6. The molecule has 0 aliphatic carbocycles. The van der Waals surface area contributed by atoms with Gasteiger partial charge < -0.3 is 10.2 Å². The van der Waals surface area contributed by atoms with Crippen LogP contribution < -0.4 is 5.32 Å². The van der Waals surface area contributed by atoms with Crippen molar-refractivity contribution in [3.05, 3.63) is 0 Å². The second-order valence-corrected chi connectivity index (χ2v) is 11.4. The van der Waals surface area contributed by atoms with Crippen molar-refractivity contribution in [1.29, 1.82) is 0 Å². The number of sulfone groups is 1. The van der Waals surface area contributed by atoms with Gasteiger partial charge >= 0.3 is 0 Å². The van der Waals surface area contributed by atoms with Crippen LogP contribution in [0.5, 0.6) is 0 Å². The number of thioether (sulfide) groups is 1. The van der Waals surface area contributed by atoms with Crippen molar-refractivity contribution < 1.29 is 8.42 Å². The summed E-state index contributed by atoms with van der Waals surface area (Å²) in [4.78, 5) is 7.15. The topological polar surface area (TPSA) is 61.8 Å². The van der Waals surface area contributed by atoms with Gasteiger partial charge in [-0.1, -0.05) is 6.92 Å². The van der Waals surface area contributed by atoms with E-state index >= 15 is 0 Å². The Labute approximate surface area is 145 Å². The van der Waals surface area contributed by atoms with E-state index in [0.717, 1.165) is 37.6 Å². The van der Waals surface area contributed by atoms with Crippen LogP contribution in [-0.2, 0) is 9.84 Å². The van der Waals surface area contributed by atoms with Crippen molar-refractivity contribution in [3.63, 3.8) is 0 Å². The number of hydrogen-bond acceptors (Lipinski definition) is 4. The minimum Gasteiger partial charge on any atom is -0.354 e. The van der Waals surface area contributed by atoms with Gasteiger partial charge in [-0.25, -0.2) is 8.42 Å². The Kier molecular flexibility index (Phi) is 6.28. The fourth-order valence-corrected chi connectivity index (χ4v) is 5.95. The van der Waals surface area contributed by atoms with Gasteiger partial charge in [0.25, 0.3) is 0 Å². The highest BCUT2D eigenvalue weighted by atomic mass is 32.2. The maximum Gasteiger partial charge on any atom is 0.194 e.